The van der Waals surface area contributed by atoms with Crippen LogP contribution in [0.4, 0.5) is 0 Å². The van der Waals surface area contributed by atoms with Crippen LogP contribution in [-0.4, -0.2) is 4.57 Å². The fraction of sp³-hybridized carbons (Fsp3) is 0. The molecular weight excluding hydrogens is 518 g/mol. The first kappa shape index (κ1) is 23.0. The molecule has 10 rings (SSSR count). The maximum Gasteiger partial charge on any atom is 0.0547 e. The third-order valence-corrected chi connectivity index (χ3v) is 9.52. The van der Waals surface area contributed by atoms with Crippen LogP contribution in [0, 0.1) is 0 Å². The molecule has 1 aliphatic rings. The number of hydrogen-bond donors (Lipinski definition) is 0. The van der Waals surface area contributed by atoms with E-state index in [0.717, 1.165) is 0 Å². The van der Waals surface area contributed by atoms with E-state index >= 15 is 0 Å². The first-order valence-electron chi connectivity index (χ1n) is 15.0. The highest BCUT2D eigenvalue weighted by Gasteiger charge is 2.23. The lowest BCUT2D eigenvalue weighted by Gasteiger charge is -2.16. The first-order chi connectivity index (χ1) is 21.3. The molecule has 0 aliphatic heterocycles. The summed E-state index contributed by atoms with van der Waals surface area (Å²) in [4.78, 5) is 0. The van der Waals surface area contributed by atoms with Crippen molar-refractivity contribution in [2.45, 2.75) is 0 Å². The molecule has 0 N–H and O–H groups in total. The predicted molar refractivity (Wildman–Crippen MR) is 183 cm³/mol. The normalized spacial score (nSPS) is 12.2. The SMILES string of the molecule is c1ccc2c(c1)-c1cccc3c(-c4ccc(-n5c6ccccc6c6cc7ccccc7cc65)c5ccccc45)ccc-2c13. The zero-order chi connectivity index (χ0) is 28.1. The Hall–Kier alpha value is -5.66. The molecule has 0 radical (unpaired) electrons. The van der Waals surface area contributed by atoms with Gasteiger partial charge in [0.15, 0.2) is 0 Å². The maximum absolute atomic E-state index is 2.47. The van der Waals surface area contributed by atoms with Crippen LogP contribution in [0.3, 0.4) is 0 Å². The Morgan fingerprint density at radius 1 is 0.302 bits per heavy atom. The number of aromatic nitrogens is 1. The average molecular weight is 544 g/mol. The van der Waals surface area contributed by atoms with Crippen molar-refractivity contribution in [3.8, 4) is 39.1 Å². The molecule has 0 atom stereocenters. The average Bonchev–Trinajstić information content (AvgIpc) is 3.57. The summed E-state index contributed by atoms with van der Waals surface area (Å²) >= 11 is 0. The molecule has 198 valence electrons. The van der Waals surface area contributed by atoms with Gasteiger partial charge in [-0.05, 0) is 84.6 Å². The summed E-state index contributed by atoms with van der Waals surface area (Å²) in [5, 5.41) is 10.3. The van der Waals surface area contributed by atoms with Gasteiger partial charge in [0.25, 0.3) is 0 Å². The van der Waals surface area contributed by atoms with Crippen molar-refractivity contribution in [1.82, 2.24) is 4.57 Å². The number of rotatable bonds is 2. The molecule has 0 bridgehead atoms. The molecular formula is C42H25N. The van der Waals surface area contributed by atoms with E-state index in [2.05, 4.69) is 156 Å². The minimum Gasteiger partial charge on any atom is -0.309 e. The van der Waals surface area contributed by atoms with Gasteiger partial charge in [0.2, 0.25) is 0 Å². The number of fused-ring (bicyclic) bond motifs is 8. The largest absolute Gasteiger partial charge is 0.309 e. The van der Waals surface area contributed by atoms with Crippen LogP contribution >= 0.6 is 0 Å². The predicted octanol–water partition coefficient (Wildman–Crippen LogP) is 11.6. The molecule has 0 unspecified atom stereocenters. The van der Waals surface area contributed by atoms with E-state index in [0.29, 0.717) is 0 Å². The van der Waals surface area contributed by atoms with Gasteiger partial charge in [0.05, 0.1) is 16.7 Å². The van der Waals surface area contributed by atoms with Crippen molar-refractivity contribution in [1.29, 1.82) is 0 Å². The van der Waals surface area contributed by atoms with Crippen molar-refractivity contribution >= 4 is 54.1 Å². The van der Waals surface area contributed by atoms with Gasteiger partial charge in [-0.15, -0.1) is 0 Å². The van der Waals surface area contributed by atoms with Gasteiger partial charge in [-0.2, -0.15) is 0 Å². The number of nitrogens with zero attached hydrogens (tertiary/aromatic N) is 1. The van der Waals surface area contributed by atoms with Crippen LogP contribution in [0.2, 0.25) is 0 Å². The van der Waals surface area contributed by atoms with Gasteiger partial charge in [0, 0.05) is 16.2 Å². The molecule has 1 nitrogen and oxygen atoms in total. The van der Waals surface area contributed by atoms with E-state index in [9.17, 15) is 0 Å². The topological polar surface area (TPSA) is 4.93 Å². The highest BCUT2D eigenvalue weighted by atomic mass is 15.0. The Kier molecular flexibility index (Phi) is 4.51. The van der Waals surface area contributed by atoms with Gasteiger partial charge in [-0.25, -0.2) is 0 Å². The summed E-state index contributed by atoms with van der Waals surface area (Å²) in [6, 6.07) is 56.0. The molecule has 0 saturated heterocycles. The zero-order valence-electron chi connectivity index (χ0n) is 23.4. The van der Waals surface area contributed by atoms with E-state index in [1.54, 1.807) is 0 Å². The second-order valence-electron chi connectivity index (χ2n) is 11.7. The third kappa shape index (κ3) is 3.06. The summed E-state index contributed by atoms with van der Waals surface area (Å²) in [7, 11) is 0. The Bertz CT molecular complexity index is 2590. The number of hydrogen-bond acceptors (Lipinski definition) is 0. The lowest BCUT2D eigenvalue weighted by Crippen LogP contribution is -1.96. The van der Waals surface area contributed by atoms with Crippen molar-refractivity contribution < 1.29 is 0 Å². The molecule has 0 fully saturated rings. The highest BCUT2D eigenvalue weighted by molar-refractivity contribution is 6.21. The number of benzene rings is 8. The van der Waals surface area contributed by atoms with E-state index in [1.165, 1.54) is 93.2 Å². The highest BCUT2D eigenvalue weighted by Crippen LogP contribution is 2.50. The molecule has 1 heterocycles. The Labute approximate surface area is 248 Å². The zero-order valence-corrected chi connectivity index (χ0v) is 23.4. The summed E-state index contributed by atoms with van der Waals surface area (Å²) in [5.74, 6) is 0. The van der Waals surface area contributed by atoms with Crippen molar-refractivity contribution in [2.24, 2.45) is 0 Å². The molecule has 9 aromatic rings. The summed E-state index contributed by atoms with van der Waals surface area (Å²) in [6.45, 7) is 0. The quantitative estimate of drug-likeness (QED) is 0.204. The standard InChI is InChI=1S/C42H25N/c1-2-11-27-25-41-38(24-26(27)10-1)34-16-7-8-19-39(34)43(41)40-23-22-31(28-12-5-6-15-33(28)40)32-20-21-37-30-14-4-3-13-29(30)35-17-9-18-36(32)42(35)37/h1-25H. The molecule has 43 heavy (non-hydrogen) atoms. The van der Waals surface area contributed by atoms with Gasteiger partial charge in [-0.1, -0.05) is 127 Å². The second kappa shape index (κ2) is 8.44. The molecule has 1 aliphatic carbocycles. The first-order valence-corrected chi connectivity index (χ1v) is 15.0. The molecule has 1 heteroatoms. The monoisotopic (exact) mass is 543 g/mol. The van der Waals surface area contributed by atoms with E-state index in [4.69, 9.17) is 0 Å². The molecule has 0 spiro atoms. The lowest BCUT2D eigenvalue weighted by molar-refractivity contribution is 1.20. The van der Waals surface area contributed by atoms with E-state index < -0.39 is 0 Å². The van der Waals surface area contributed by atoms with Crippen LogP contribution in [0.15, 0.2) is 152 Å². The van der Waals surface area contributed by atoms with Crippen molar-refractivity contribution in [3.05, 3.63) is 152 Å². The summed E-state index contributed by atoms with van der Waals surface area (Å²) < 4.78 is 2.47. The maximum atomic E-state index is 2.47. The van der Waals surface area contributed by atoms with Crippen LogP contribution in [0.1, 0.15) is 0 Å². The number of para-hydroxylation sites is 1. The Morgan fingerprint density at radius 2 is 0.860 bits per heavy atom. The van der Waals surface area contributed by atoms with Crippen LogP contribution in [0.25, 0.3) is 93.2 Å². The van der Waals surface area contributed by atoms with Gasteiger partial charge >= 0.3 is 0 Å². The fourth-order valence-electron chi connectivity index (χ4n) is 7.67. The lowest BCUT2D eigenvalue weighted by atomic mass is 9.91. The van der Waals surface area contributed by atoms with Crippen molar-refractivity contribution in [2.75, 3.05) is 0 Å². The van der Waals surface area contributed by atoms with Crippen LogP contribution in [0.5, 0.6) is 0 Å². The second-order valence-corrected chi connectivity index (χ2v) is 11.7. The van der Waals surface area contributed by atoms with E-state index in [-0.39, 0.29) is 0 Å². The van der Waals surface area contributed by atoms with Gasteiger partial charge < -0.3 is 4.57 Å². The van der Waals surface area contributed by atoms with E-state index in [1.807, 2.05) is 0 Å². The molecule has 0 amide bonds. The minimum atomic E-state index is 1.21. The van der Waals surface area contributed by atoms with Gasteiger partial charge in [0.1, 0.15) is 0 Å². The smallest absolute Gasteiger partial charge is 0.0547 e. The molecule has 1 aromatic heterocycles. The van der Waals surface area contributed by atoms with Crippen LogP contribution in [-0.2, 0) is 0 Å². The molecule has 0 saturated carbocycles. The fourth-order valence-corrected chi connectivity index (χ4v) is 7.67. The third-order valence-electron chi connectivity index (χ3n) is 9.52. The Balaban J connectivity index is 1.27. The molecule has 8 aromatic carbocycles. The van der Waals surface area contributed by atoms with Crippen LogP contribution < -0.4 is 0 Å². The van der Waals surface area contributed by atoms with Crippen molar-refractivity contribution in [3.63, 3.8) is 0 Å². The minimum absolute atomic E-state index is 1.21. The summed E-state index contributed by atoms with van der Waals surface area (Å²) in [6.07, 6.45) is 0. The van der Waals surface area contributed by atoms with Gasteiger partial charge in [-0.3, -0.25) is 0 Å². The Morgan fingerprint density at radius 3 is 1.70 bits per heavy atom. The summed E-state index contributed by atoms with van der Waals surface area (Å²) in [5.41, 5.74) is 11.6.